The topological polar surface area (TPSA) is 109 Å². The van der Waals surface area contributed by atoms with E-state index in [-0.39, 0.29) is 35.1 Å². The van der Waals surface area contributed by atoms with Crippen LogP contribution >= 0.6 is 15.9 Å². The van der Waals surface area contributed by atoms with Gasteiger partial charge in [-0.15, -0.1) is 0 Å². The van der Waals surface area contributed by atoms with Gasteiger partial charge in [-0.25, -0.2) is 9.18 Å². The Bertz CT molecular complexity index is 1580. The van der Waals surface area contributed by atoms with Gasteiger partial charge in [-0.2, -0.15) is 15.1 Å². The molecule has 0 N–H and O–H groups in total. The number of hydrogen-bond acceptors (Lipinski definition) is 9. The molecule has 2 amide bonds. The average Bonchev–Trinajstić information content (AvgIpc) is 3.66. The van der Waals surface area contributed by atoms with Crippen LogP contribution in [0.1, 0.15) is 48.3 Å². The van der Waals surface area contributed by atoms with Crippen LogP contribution in [-0.4, -0.2) is 113 Å². The second kappa shape index (κ2) is 12.1. The van der Waals surface area contributed by atoms with Crippen LogP contribution in [0.15, 0.2) is 22.7 Å². The Balaban J connectivity index is 1.27. The van der Waals surface area contributed by atoms with Gasteiger partial charge in [-0.1, -0.05) is 0 Å². The van der Waals surface area contributed by atoms with Crippen molar-refractivity contribution in [3.8, 4) is 6.01 Å². The minimum Gasteiger partial charge on any atom is -0.461 e. The van der Waals surface area contributed by atoms with E-state index in [0.717, 1.165) is 44.3 Å². The first-order valence-electron chi connectivity index (χ1n) is 15.0. The number of rotatable bonds is 7. The second-order valence-electron chi connectivity index (χ2n) is 12.3. The molecule has 3 aliphatic heterocycles. The first-order chi connectivity index (χ1) is 21.1. The fraction of sp³-hybridized carbons (Fsp3) is 0.567. The van der Waals surface area contributed by atoms with E-state index >= 15 is 4.39 Å². The molecule has 0 unspecified atom stereocenters. The first-order valence-corrected chi connectivity index (χ1v) is 15.8. The van der Waals surface area contributed by atoms with Gasteiger partial charge in [0.05, 0.1) is 22.3 Å². The molecule has 2 saturated heterocycles. The first kappa shape index (κ1) is 30.5. The highest BCUT2D eigenvalue weighted by atomic mass is 79.9. The minimum atomic E-state index is -0.473. The van der Waals surface area contributed by atoms with E-state index < -0.39 is 5.82 Å². The minimum absolute atomic E-state index is 0.120. The smallest absolute Gasteiger partial charge is 0.409 e. The number of hydrogen-bond donors (Lipinski definition) is 0. The fourth-order valence-corrected chi connectivity index (χ4v) is 6.99. The molecule has 44 heavy (non-hydrogen) atoms. The number of carbonyl (C=O) groups excluding carboxylic acids is 2. The summed E-state index contributed by atoms with van der Waals surface area (Å²) in [4.78, 5) is 41.5. The molecular formula is C30H38BrFN8O4. The molecule has 12 nitrogen and oxygen atoms in total. The monoisotopic (exact) mass is 672 g/mol. The predicted octanol–water partition coefficient (Wildman–Crippen LogP) is 3.91. The number of carbonyl (C=O) groups is 2. The number of nitrogens with zero attached hydrogens (tertiary/aromatic N) is 8. The number of halogens is 2. The molecule has 2 atom stereocenters. The summed E-state index contributed by atoms with van der Waals surface area (Å²) in [5.74, 6) is -0.0520. The summed E-state index contributed by atoms with van der Waals surface area (Å²) in [5, 5.41) is 5.13. The predicted molar refractivity (Wildman–Crippen MR) is 165 cm³/mol. The van der Waals surface area contributed by atoms with Gasteiger partial charge in [-0.05, 0) is 72.8 Å². The van der Waals surface area contributed by atoms with Gasteiger partial charge in [0.15, 0.2) is 11.5 Å². The van der Waals surface area contributed by atoms with Crippen molar-refractivity contribution in [2.24, 2.45) is 0 Å². The van der Waals surface area contributed by atoms with Crippen LogP contribution in [0, 0.1) is 5.82 Å². The standard InChI is InChI=1S/C30H38BrFN8O4/c1-36(2)27(41)23-15-20-16-38(12-6-14-40(20)35-23)26-21-7-8-22(31)24(32)25(21)33-28(34-26)44-18-30-10-5-13-39(30)19(9-11-30)17-43-29(42)37(3)4/h7-8,15,19H,5-6,9-14,16-18H2,1-4H3/t19-,30+/m0/s1. The Kier molecular flexibility index (Phi) is 8.40. The van der Waals surface area contributed by atoms with E-state index in [1.165, 1.54) is 9.80 Å². The molecule has 3 aromatic rings. The Labute approximate surface area is 264 Å². The zero-order chi connectivity index (χ0) is 31.2. The highest BCUT2D eigenvalue weighted by molar-refractivity contribution is 9.10. The van der Waals surface area contributed by atoms with Gasteiger partial charge < -0.3 is 24.2 Å². The highest BCUT2D eigenvalue weighted by Gasteiger charge is 2.50. The van der Waals surface area contributed by atoms with Crippen LogP contribution in [-0.2, 0) is 17.8 Å². The van der Waals surface area contributed by atoms with Gasteiger partial charge >= 0.3 is 12.1 Å². The molecule has 14 heteroatoms. The number of anilines is 1. The third-order valence-electron chi connectivity index (χ3n) is 8.93. The fourth-order valence-electron chi connectivity index (χ4n) is 6.67. The van der Waals surface area contributed by atoms with Crippen molar-refractivity contribution >= 4 is 44.7 Å². The van der Waals surface area contributed by atoms with E-state index in [2.05, 4.69) is 35.8 Å². The molecule has 1 aromatic carbocycles. The number of aromatic nitrogens is 4. The van der Waals surface area contributed by atoms with Crippen LogP contribution < -0.4 is 9.64 Å². The maximum absolute atomic E-state index is 15.5. The van der Waals surface area contributed by atoms with E-state index in [4.69, 9.17) is 14.5 Å². The summed E-state index contributed by atoms with van der Waals surface area (Å²) in [5.41, 5.74) is 1.24. The summed E-state index contributed by atoms with van der Waals surface area (Å²) in [6.45, 7) is 3.36. The Morgan fingerprint density at radius 1 is 1.09 bits per heavy atom. The molecule has 2 fully saturated rings. The number of aryl methyl sites for hydroxylation is 1. The van der Waals surface area contributed by atoms with Gasteiger partial charge in [0.25, 0.3) is 5.91 Å². The van der Waals surface area contributed by atoms with E-state index in [0.29, 0.717) is 54.2 Å². The normalized spacial score (nSPS) is 21.6. The third-order valence-corrected chi connectivity index (χ3v) is 9.54. The van der Waals surface area contributed by atoms with Crippen molar-refractivity contribution in [3.05, 3.63) is 39.9 Å². The molecule has 5 heterocycles. The molecule has 6 rings (SSSR count). The van der Waals surface area contributed by atoms with Crippen molar-refractivity contribution in [3.63, 3.8) is 0 Å². The zero-order valence-corrected chi connectivity index (χ0v) is 27.1. The lowest BCUT2D eigenvalue weighted by Gasteiger charge is -2.34. The van der Waals surface area contributed by atoms with Crippen molar-refractivity contribution in [2.45, 2.75) is 56.8 Å². The van der Waals surface area contributed by atoms with Crippen molar-refractivity contribution < 1.29 is 23.5 Å². The summed E-state index contributed by atoms with van der Waals surface area (Å²) in [7, 11) is 6.76. The Hall–Kier alpha value is -3.52. The largest absolute Gasteiger partial charge is 0.461 e. The molecule has 0 aliphatic carbocycles. The lowest BCUT2D eigenvalue weighted by molar-refractivity contribution is 0.0484. The molecular weight excluding hydrogens is 635 g/mol. The van der Waals surface area contributed by atoms with Gasteiger partial charge in [0, 0.05) is 52.7 Å². The van der Waals surface area contributed by atoms with E-state index in [1.54, 1.807) is 34.3 Å². The average molecular weight is 674 g/mol. The van der Waals surface area contributed by atoms with Gasteiger partial charge in [0.2, 0.25) is 0 Å². The van der Waals surface area contributed by atoms with E-state index in [1.807, 2.05) is 16.8 Å². The third kappa shape index (κ3) is 5.69. The van der Waals surface area contributed by atoms with E-state index in [9.17, 15) is 9.59 Å². The van der Waals surface area contributed by atoms with Crippen LogP contribution in [0.3, 0.4) is 0 Å². The molecule has 0 spiro atoms. The van der Waals surface area contributed by atoms with Crippen molar-refractivity contribution in [1.29, 1.82) is 0 Å². The number of ether oxygens (including phenoxy) is 2. The molecule has 0 bridgehead atoms. The summed E-state index contributed by atoms with van der Waals surface area (Å²) in [6, 6.07) is 5.54. The number of fused-ring (bicyclic) bond motifs is 3. The van der Waals surface area contributed by atoms with Crippen LogP contribution in [0.4, 0.5) is 15.0 Å². The lowest BCUT2D eigenvalue weighted by atomic mass is 9.95. The zero-order valence-electron chi connectivity index (χ0n) is 25.6. The van der Waals surface area contributed by atoms with Crippen LogP contribution in [0.25, 0.3) is 10.9 Å². The maximum Gasteiger partial charge on any atom is 0.409 e. The SMILES string of the molecule is CN(C)C(=O)OC[C@@H]1CC[C@@]2(COc3nc(N4CCCn5nc(C(=O)N(C)C)cc5C4)c4ccc(Br)c(F)c4n3)CCCN12. The van der Waals surface area contributed by atoms with Gasteiger partial charge in [0.1, 0.15) is 24.5 Å². The second-order valence-corrected chi connectivity index (χ2v) is 13.1. The maximum atomic E-state index is 15.5. The summed E-state index contributed by atoms with van der Waals surface area (Å²) in [6.07, 6.45) is 4.20. The van der Waals surface area contributed by atoms with Crippen LogP contribution in [0.5, 0.6) is 6.01 Å². The molecule has 0 saturated carbocycles. The molecule has 3 aliphatic rings. The number of benzene rings is 1. The molecule has 236 valence electrons. The van der Waals surface area contributed by atoms with Crippen molar-refractivity contribution in [2.75, 3.05) is 59.4 Å². The van der Waals surface area contributed by atoms with Crippen molar-refractivity contribution in [1.82, 2.24) is 34.4 Å². The summed E-state index contributed by atoms with van der Waals surface area (Å²) >= 11 is 3.31. The van der Waals surface area contributed by atoms with Gasteiger partial charge in [-0.3, -0.25) is 14.4 Å². The lowest BCUT2D eigenvalue weighted by Crippen LogP contribution is -2.48. The Morgan fingerprint density at radius 3 is 2.68 bits per heavy atom. The summed E-state index contributed by atoms with van der Waals surface area (Å²) < 4.78 is 29.6. The van der Waals surface area contributed by atoms with Crippen LogP contribution in [0.2, 0.25) is 0 Å². The Morgan fingerprint density at radius 2 is 1.91 bits per heavy atom. The molecule has 0 radical (unpaired) electrons. The molecule has 2 aromatic heterocycles. The number of amides is 2. The highest BCUT2D eigenvalue weighted by Crippen LogP contribution is 2.43. The quantitative estimate of drug-likeness (QED) is 0.369.